The fraction of sp³-hybridized carbons (Fsp3) is 0.208. The number of hydrogen-bond donors (Lipinski definition) is 0. The first-order valence-corrected chi connectivity index (χ1v) is 9.37. The van der Waals surface area contributed by atoms with Crippen LogP contribution in [-0.4, -0.2) is 33.9 Å². The minimum Gasteiger partial charge on any atom is -0.493 e. The van der Waals surface area contributed by atoms with Crippen LogP contribution in [-0.2, 0) is 16.1 Å². The lowest BCUT2D eigenvalue weighted by Gasteiger charge is -2.14. The minimum absolute atomic E-state index is 0.0614. The zero-order valence-corrected chi connectivity index (χ0v) is 17.2. The van der Waals surface area contributed by atoms with Crippen molar-refractivity contribution in [3.8, 4) is 34.1 Å². The lowest BCUT2D eigenvalue weighted by Crippen LogP contribution is -2.14. The van der Waals surface area contributed by atoms with Gasteiger partial charge in [0, 0.05) is 0 Å². The van der Waals surface area contributed by atoms with Gasteiger partial charge < -0.3 is 23.7 Å². The van der Waals surface area contributed by atoms with Gasteiger partial charge in [-0.05, 0) is 41.0 Å². The molecule has 6 heteroatoms. The molecule has 0 saturated heterocycles. The van der Waals surface area contributed by atoms with Crippen LogP contribution < -0.4 is 18.9 Å². The van der Waals surface area contributed by atoms with E-state index in [1.165, 1.54) is 21.3 Å². The summed E-state index contributed by atoms with van der Waals surface area (Å²) in [5.41, 5.74) is 2.91. The molecule has 0 N–H and O–H groups in total. The summed E-state index contributed by atoms with van der Waals surface area (Å²) in [7, 11) is 4.60. The van der Waals surface area contributed by atoms with Crippen molar-refractivity contribution in [3.63, 3.8) is 0 Å². The van der Waals surface area contributed by atoms with E-state index in [0.29, 0.717) is 28.6 Å². The lowest BCUT2D eigenvalue weighted by atomic mass is 10.1. The van der Waals surface area contributed by atoms with E-state index in [1.54, 1.807) is 12.1 Å². The van der Waals surface area contributed by atoms with Gasteiger partial charge in [0.1, 0.15) is 12.4 Å². The predicted molar refractivity (Wildman–Crippen MR) is 113 cm³/mol. The van der Waals surface area contributed by atoms with Crippen molar-refractivity contribution >= 4 is 5.97 Å². The first kappa shape index (κ1) is 21.0. The molecule has 0 bridgehead atoms. The van der Waals surface area contributed by atoms with Crippen molar-refractivity contribution in [2.75, 3.05) is 27.9 Å². The monoisotopic (exact) mass is 408 g/mol. The summed E-state index contributed by atoms with van der Waals surface area (Å²) in [5.74, 6) is 1.60. The first-order valence-electron chi connectivity index (χ1n) is 9.37. The normalized spacial score (nSPS) is 10.2. The second-order valence-electron chi connectivity index (χ2n) is 6.37. The van der Waals surface area contributed by atoms with Gasteiger partial charge in [-0.15, -0.1) is 0 Å². The molecule has 6 nitrogen and oxygen atoms in total. The van der Waals surface area contributed by atoms with Crippen LogP contribution in [0.25, 0.3) is 11.1 Å². The predicted octanol–water partition coefficient (Wildman–Crippen LogP) is 4.50. The molecule has 0 saturated carbocycles. The van der Waals surface area contributed by atoms with Crippen molar-refractivity contribution in [2.45, 2.75) is 6.61 Å². The van der Waals surface area contributed by atoms with Gasteiger partial charge in [-0.25, -0.2) is 4.79 Å². The average molecular weight is 408 g/mol. The molecule has 3 rings (SSSR count). The molecule has 0 atom stereocenters. The number of ether oxygens (including phenoxy) is 5. The summed E-state index contributed by atoms with van der Waals surface area (Å²) in [5, 5.41) is 0. The van der Waals surface area contributed by atoms with Crippen LogP contribution in [0.2, 0.25) is 0 Å². The summed E-state index contributed by atoms with van der Waals surface area (Å²) < 4.78 is 26.7. The molecule has 3 aromatic rings. The van der Waals surface area contributed by atoms with E-state index in [4.69, 9.17) is 23.7 Å². The van der Waals surface area contributed by atoms with E-state index < -0.39 is 5.97 Å². The van der Waals surface area contributed by atoms with Gasteiger partial charge >= 0.3 is 5.97 Å². The SMILES string of the molecule is COc1cc(COC(=O)COc2ccc(-c3ccccc3)cc2)cc(OC)c1OC. The Morgan fingerprint density at radius 1 is 0.767 bits per heavy atom. The first-order chi connectivity index (χ1) is 14.6. The van der Waals surface area contributed by atoms with E-state index in [9.17, 15) is 4.79 Å². The smallest absolute Gasteiger partial charge is 0.344 e. The molecule has 30 heavy (non-hydrogen) atoms. The van der Waals surface area contributed by atoms with Crippen molar-refractivity contribution in [2.24, 2.45) is 0 Å². The van der Waals surface area contributed by atoms with Gasteiger partial charge in [0.15, 0.2) is 18.1 Å². The Balaban J connectivity index is 1.54. The molecule has 0 heterocycles. The second-order valence-corrected chi connectivity index (χ2v) is 6.37. The molecule has 0 spiro atoms. The largest absolute Gasteiger partial charge is 0.493 e. The molecule has 0 radical (unpaired) electrons. The Hall–Kier alpha value is -3.67. The maximum absolute atomic E-state index is 12.1. The van der Waals surface area contributed by atoms with Crippen molar-refractivity contribution in [1.29, 1.82) is 0 Å². The van der Waals surface area contributed by atoms with Gasteiger partial charge in [0.25, 0.3) is 0 Å². The third kappa shape index (κ3) is 5.23. The Kier molecular flexibility index (Phi) is 7.16. The fourth-order valence-corrected chi connectivity index (χ4v) is 2.94. The van der Waals surface area contributed by atoms with E-state index in [0.717, 1.165) is 11.1 Å². The molecule has 0 aliphatic carbocycles. The lowest BCUT2D eigenvalue weighted by molar-refractivity contribution is -0.147. The maximum atomic E-state index is 12.1. The molecule has 0 aliphatic rings. The summed E-state index contributed by atoms with van der Waals surface area (Å²) in [6.45, 7) is -0.124. The van der Waals surface area contributed by atoms with Gasteiger partial charge in [0.2, 0.25) is 5.75 Å². The standard InChI is InChI=1S/C24H24O6/c1-26-21-13-17(14-22(27-2)24(21)28-3)15-30-23(25)16-29-20-11-9-19(10-12-20)18-7-5-4-6-8-18/h4-14H,15-16H2,1-3H3. The van der Waals surface area contributed by atoms with Crippen LogP contribution in [0, 0.1) is 0 Å². The summed E-state index contributed by atoms with van der Waals surface area (Å²) in [4.78, 5) is 12.1. The highest BCUT2D eigenvalue weighted by molar-refractivity contribution is 5.71. The molecule has 3 aromatic carbocycles. The van der Waals surface area contributed by atoms with E-state index in [2.05, 4.69) is 0 Å². The van der Waals surface area contributed by atoms with Crippen LogP contribution in [0.4, 0.5) is 0 Å². The van der Waals surface area contributed by atoms with Crippen LogP contribution >= 0.6 is 0 Å². The molecule has 0 aromatic heterocycles. The second kappa shape index (κ2) is 10.2. The highest BCUT2D eigenvalue weighted by Crippen LogP contribution is 2.38. The van der Waals surface area contributed by atoms with Crippen LogP contribution in [0.15, 0.2) is 66.7 Å². The van der Waals surface area contributed by atoms with Crippen LogP contribution in [0.5, 0.6) is 23.0 Å². The summed E-state index contributed by atoms with van der Waals surface area (Å²) >= 11 is 0. The average Bonchev–Trinajstić information content (AvgIpc) is 2.81. The number of esters is 1. The van der Waals surface area contributed by atoms with Crippen molar-refractivity contribution in [3.05, 3.63) is 72.3 Å². The summed E-state index contributed by atoms with van der Waals surface area (Å²) in [6, 6.07) is 21.1. The van der Waals surface area contributed by atoms with E-state index >= 15 is 0 Å². The number of carbonyl (C=O) groups is 1. The Bertz CT molecular complexity index is 942. The maximum Gasteiger partial charge on any atom is 0.344 e. The molecule has 0 aliphatic heterocycles. The number of carbonyl (C=O) groups excluding carboxylic acids is 1. The topological polar surface area (TPSA) is 63.2 Å². The molecule has 156 valence electrons. The minimum atomic E-state index is -0.476. The van der Waals surface area contributed by atoms with Gasteiger partial charge in [-0.2, -0.15) is 0 Å². The zero-order valence-electron chi connectivity index (χ0n) is 17.2. The zero-order chi connectivity index (χ0) is 21.3. The number of methoxy groups -OCH3 is 3. The van der Waals surface area contributed by atoms with Crippen molar-refractivity contribution in [1.82, 2.24) is 0 Å². The molecule has 0 unspecified atom stereocenters. The number of rotatable bonds is 9. The quantitative estimate of drug-likeness (QED) is 0.486. The molecule has 0 fully saturated rings. The highest BCUT2D eigenvalue weighted by atomic mass is 16.6. The Labute approximate surface area is 175 Å². The third-order valence-electron chi connectivity index (χ3n) is 4.44. The van der Waals surface area contributed by atoms with Gasteiger partial charge in [-0.1, -0.05) is 42.5 Å². The third-order valence-corrected chi connectivity index (χ3v) is 4.44. The van der Waals surface area contributed by atoms with Crippen molar-refractivity contribution < 1.29 is 28.5 Å². The number of benzene rings is 3. The Morgan fingerprint density at radius 2 is 1.37 bits per heavy atom. The van der Waals surface area contributed by atoms with Gasteiger partial charge in [-0.3, -0.25) is 0 Å². The molecular weight excluding hydrogens is 384 g/mol. The highest BCUT2D eigenvalue weighted by Gasteiger charge is 2.14. The van der Waals surface area contributed by atoms with Crippen LogP contribution in [0.1, 0.15) is 5.56 Å². The van der Waals surface area contributed by atoms with Gasteiger partial charge in [0.05, 0.1) is 21.3 Å². The number of hydrogen-bond acceptors (Lipinski definition) is 6. The molecular formula is C24H24O6. The Morgan fingerprint density at radius 3 is 1.93 bits per heavy atom. The van der Waals surface area contributed by atoms with Crippen LogP contribution in [0.3, 0.4) is 0 Å². The van der Waals surface area contributed by atoms with E-state index in [1.807, 2.05) is 54.6 Å². The van der Waals surface area contributed by atoms with E-state index in [-0.39, 0.29) is 13.2 Å². The fourth-order valence-electron chi connectivity index (χ4n) is 2.94. The molecule has 0 amide bonds. The summed E-state index contributed by atoms with van der Waals surface area (Å²) in [6.07, 6.45) is 0.